The van der Waals surface area contributed by atoms with E-state index in [9.17, 15) is 0 Å². The van der Waals surface area contributed by atoms with Crippen molar-refractivity contribution in [1.29, 1.82) is 0 Å². The molecule has 0 heterocycles. The molecular weight excluding hydrogens is 244 g/mol. The summed E-state index contributed by atoms with van der Waals surface area (Å²) in [5.41, 5.74) is 3.54. The summed E-state index contributed by atoms with van der Waals surface area (Å²) >= 11 is 0. The second kappa shape index (κ2) is 5.84. The minimum atomic E-state index is 0.182. The Bertz CT molecular complexity index is 617. The summed E-state index contributed by atoms with van der Waals surface area (Å²) in [7, 11) is 1.66. The first-order valence-corrected chi connectivity index (χ1v) is 6.76. The molecule has 0 aliphatic carbocycles. The van der Waals surface area contributed by atoms with Crippen molar-refractivity contribution in [3.05, 3.63) is 65.2 Å². The normalized spacial score (nSPS) is 10.6. The predicted molar refractivity (Wildman–Crippen MR) is 84.1 cm³/mol. The van der Waals surface area contributed by atoms with Crippen LogP contribution >= 0.6 is 0 Å². The van der Waals surface area contributed by atoms with Crippen LogP contribution in [0.25, 0.3) is 0 Å². The van der Waals surface area contributed by atoms with Gasteiger partial charge in [-0.1, -0.05) is 44.7 Å². The second-order valence-electron chi connectivity index (χ2n) is 5.81. The zero-order valence-electron chi connectivity index (χ0n) is 12.5. The zero-order valence-corrected chi connectivity index (χ0v) is 12.5. The quantitative estimate of drug-likeness (QED) is 0.694. The van der Waals surface area contributed by atoms with E-state index in [1.165, 1.54) is 5.56 Å². The van der Waals surface area contributed by atoms with Gasteiger partial charge in [0, 0.05) is 11.1 Å². The van der Waals surface area contributed by atoms with Gasteiger partial charge >= 0.3 is 0 Å². The van der Waals surface area contributed by atoms with Gasteiger partial charge < -0.3 is 4.74 Å². The number of benzene rings is 2. The molecule has 102 valence electrons. The fourth-order valence-corrected chi connectivity index (χ4v) is 1.87. The Balaban J connectivity index is 2.16. The number of rotatable bonds is 1. The van der Waals surface area contributed by atoms with Gasteiger partial charge in [-0.05, 0) is 47.4 Å². The molecule has 0 saturated heterocycles. The van der Waals surface area contributed by atoms with Crippen molar-refractivity contribution in [2.45, 2.75) is 26.2 Å². The molecule has 0 aliphatic heterocycles. The summed E-state index contributed by atoms with van der Waals surface area (Å²) in [6.07, 6.45) is 0. The van der Waals surface area contributed by atoms with Crippen LogP contribution < -0.4 is 4.74 Å². The highest BCUT2D eigenvalue weighted by atomic mass is 16.5. The fraction of sp³-hybridized carbons (Fsp3) is 0.263. The van der Waals surface area contributed by atoms with Gasteiger partial charge in [0.1, 0.15) is 5.75 Å². The highest BCUT2D eigenvalue weighted by Gasteiger charge is 2.12. The summed E-state index contributed by atoms with van der Waals surface area (Å²) in [6, 6.07) is 16.2. The first kappa shape index (κ1) is 14.2. The molecule has 1 heteroatoms. The van der Waals surface area contributed by atoms with Gasteiger partial charge in [0.15, 0.2) is 0 Å². The van der Waals surface area contributed by atoms with E-state index in [-0.39, 0.29) is 5.41 Å². The number of methoxy groups -OCH3 is 1. The van der Waals surface area contributed by atoms with Crippen LogP contribution in [0.4, 0.5) is 0 Å². The summed E-state index contributed by atoms with van der Waals surface area (Å²) in [6.45, 7) is 6.64. The van der Waals surface area contributed by atoms with E-state index in [2.05, 4.69) is 56.9 Å². The fourth-order valence-electron chi connectivity index (χ4n) is 1.87. The Morgan fingerprint density at radius 1 is 0.750 bits per heavy atom. The largest absolute Gasteiger partial charge is 0.497 e. The molecule has 0 atom stereocenters. The third kappa shape index (κ3) is 3.65. The molecule has 0 radical (unpaired) electrons. The summed E-state index contributed by atoms with van der Waals surface area (Å²) in [5, 5.41) is 0. The van der Waals surface area contributed by atoms with Crippen molar-refractivity contribution in [3.63, 3.8) is 0 Å². The highest BCUT2D eigenvalue weighted by Crippen LogP contribution is 2.21. The van der Waals surface area contributed by atoms with Crippen LogP contribution in [0.2, 0.25) is 0 Å². The van der Waals surface area contributed by atoms with E-state index >= 15 is 0 Å². The Labute approximate surface area is 121 Å². The number of hydrogen-bond donors (Lipinski definition) is 0. The Morgan fingerprint density at radius 3 is 1.60 bits per heavy atom. The van der Waals surface area contributed by atoms with E-state index < -0.39 is 0 Å². The summed E-state index contributed by atoms with van der Waals surface area (Å²) in [4.78, 5) is 0. The molecule has 2 aromatic carbocycles. The lowest BCUT2D eigenvalue weighted by atomic mass is 9.87. The third-order valence-electron chi connectivity index (χ3n) is 3.19. The molecular formula is C19H20O. The Morgan fingerprint density at radius 2 is 1.20 bits per heavy atom. The van der Waals surface area contributed by atoms with E-state index in [0.29, 0.717) is 0 Å². The maximum absolute atomic E-state index is 5.13. The highest BCUT2D eigenvalue weighted by molar-refractivity contribution is 5.45. The molecule has 0 unspecified atom stereocenters. The standard InChI is InChI=1S/C19H20O/c1-19(2,3)17-11-7-15(8-12-17)5-6-16-9-13-18(20-4)14-10-16/h7-14H,1-4H3. The van der Waals surface area contributed by atoms with Crippen LogP contribution in [0.15, 0.2) is 48.5 Å². The van der Waals surface area contributed by atoms with E-state index in [0.717, 1.165) is 16.9 Å². The molecule has 20 heavy (non-hydrogen) atoms. The number of ether oxygens (including phenoxy) is 1. The monoisotopic (exact) mass is 264 g/mol. The molecule has 0 aromatic heterocycles. The van der Waals surface area contributed by atoms with Crippen LogP contribution in [0.3, 0.4) is 0 Å². The molecule has 0 saturated carbocycles. The molecule has 2 aromatic rings. The SMILES string of the molecule is COc1ccc(C#Cc2ccc(C(C)(C)C)cc2)cc1. The summed E-state index contributed by atoms with van der Waals surface area (Å²) in [5.74, 6) is 7.20. The van der Waals surface area contributed by atoms with Crippen LogP contribution in [0.5, 0.6) is 5.75 Å². The molecule has 0 aliphatic rings. The molecule has 0 N–H and O–H groups in total. The molecule has 0 amide bonds. The zero-order chi connectivity index (χ0) is 14.6. The minimum Gasteiger partial charge on any atom is -0.497 e. The first-order valence-electron chi connectivity index (χ1n) is 6.76. The average Bonchev–Trinajstić information content (AvgIpc) is 2.45. The van der Waals surface area contributed by atoms with E-state index in [4.69, 9.17) is 4.74 Å². The van der Waals surface area contributed by atoms with Crippen molar-refractivity contribution in [2.75, 3.05) is 7.11 Å². The average molecular weight is 264 g/mol. The first-order chi connectivity index (χ1) is 9.49. The van der Waals surface area contributed by atoms with E-state index in [1.54, 1.807) is 7.11 Å². The van der Waals surface area contributed by atoms with Gasteiger partial charge in [-0.3, -0.25) is 0 Å². The van der Waals surface area contributed by atoms with Crippen molar-refractivity contribution >= 4 is 0 Å². The minimum absolute atomic E-state index is 0.182. The van der Waals surface area contributed by atoms with Crippen LogP contribution in [-0.2, 0) is 5.41 Å². The Kier molecular flexibility index (Phi) is 4.15. The lowest BCUT2D eigenvalue weighted by Crippen LogP contribution is -2.10. The van der Waals surface area contributed by atoms with Crippen molar-refractivity contribution in [2.24, 2.45) is 0 Å². The maximum Gasteiger partial charge on any atom is 0.118 e. The van der Waals surface area contributed by atoms with Gasteiger partial charge in [0.2, 0.25) is 0 Å². The predicted octanol–water partition coefficient (Wildman–Crippen LogP) is 4.39. The van der Waals surface area contributed by atoms with E-state index in [1.807, 2.05) is 24.3 Å². The lowest BCUT2D eigenvalue weighted by molar-refractivity contribution is 0.415. The van der Waals surface area contributed by atoms with Crippen molar-refractivity contribution in [3.8, 4) is 17.6 Å². The smallest absolute Gasteiger partial charge is 0.118 e. The second-order valence-corrected chi connectivity index (χ2v) is 5.81. The Hall–Kier alpha value is -2.20. The van der Waals surface area contributed by atoms with Gasteiger partial charge in [0.05, 0.1) is 7.11 Å². The molecule has 1 nitrogen and oxygen atoms in total. The van der Waals surface area contributed by atoms with Gasteiger partial charge in [-0.15, -0.1) is 0 Å². The van der Waals surface area contributed by atoms with Crippen molar-refractivity contribution < 1.29 is 4.74 Å². The van der Waals surface area contributed by atoms with Crippen LogP contribution in [-0.4, -0.2) is 7.11 Å². The molecule has 2 rings (SSSR count). The maximum atomic E-state index is 5.13. The van der Waals surface area contributed by atoms with Crippen molar-refractivity contribution in [1.82, 2.24) is 0 Å². The molecule has 0 spiro atoms. The van der Waals surface area contributed by atoms with Gasteiger partial charge in [-0.2, -0.15) is 0 Å². The molecule has 0 bridgehead atoms. The summed E-state index contributed by atoms with van der Waals surface area (Å²) < 4.78 is 5.13. The third-order valence-corrected chi connectivity index (χ3v) is 3.19. The topological polar surface area (TPSA) is 9.23 Å². The number of hydrogen-bond acceptors (Lipinski definition) is 1. The molecule has 0 fully saturated rings. The lowest BCUT2D eigenvalue weighted by Gasteiger charge is -2.18. The van der Waals surface area contributed by atoms with Crippen LogP contribution in [0.1, 0.15) is 37.5 Å². The van der Waals surface area contributed by atoms with Gasteiger partial charge in [-0.25, -0.2) is 0 Å². The van der Waals surface area contributed by atoms with Gasteiger partial charge in [0.25, 0.3) is 0 Å². The van der Waals surface area contributed by atoms with Crippen LogP contribution in [0, 0.1) is 11.8 Å².